The Labute approximate surface area is 138 Å². The molecule has 1 atom stereocenters. The highest BCUT2D eigenvalue weighted by molar-refractivity contribution is 6.06. The Morgan fingerprint density at radius 2 is 2.21 bits per heavy atom. The van der Waals surface area contributed by atoms with Gasteiger partial charge >= 0.3 is 5.97 Å². The summed E-state index contributed by atoms with van der Waals surface area (Å²) in [5.41, 5.74) is 3.62. The maximum atomic E-state index is 12.3. The van der Waals surface area contributed by atoms with E-state index in [9.17, 15) is 9.59 Å². The van der Waals surface area contributed by atoms with Gasteiger partial charge in [-0.1, -0.05) is 6.07 Å². The van der Waals surface area contributed by atoms with Crippen LogP contribution in [0.2, 0.25) is 0 Å². The smallest absolute Gasteiger partial charge is 0.313 e. The van der Waals surface area contributed by atoms with Crippen molar-refractivity contribution < 1.29 is 14.3 Å². The van der Waals surface area contributed by atoms with Crippen LogP contribution in [0, 0.1) is 0 Å². The van der Waals surface area contributed by atoms with Crippen LogP contribution in [0.4, 0.5) is 0 Å². The largest absolute Gasteiger partial charge is 0.466 e. The predicted molar refractivity (Wildman–Crippen MR) is 87.2 cm³/mol. The molecule has 1 aliphatic carbocycles. The number of aromatic nitrogens is 3. The third-order valence-corrected chi connectivity index (χ3v) is 4.26. The Morgan fingerprint density at radius 1 is 1.33 bits per heavy atom. The van der Waals surface area contributed by atoms with E-state index in [0.29, 0.717) is 12.2 Å². The number of hydrogen-bond donors (Lipinski definition) is 0. The molecule has 6 nitrogen and oxygen atoms in total. The fourth-order valence-electron chi connectivity index (χ4n) is 3.14. The first kappa shape index (κ1) is 14.6. The number of pyridine rings is 1. The minimum absolute atomic E-state index is 0.0396. The molecule has 24 heavy (non-hydrogen) atoms. The molecule has 1 aliphatic rings. The third-order valence-electron chi connectivity index (χ3n) is 4.26. The monoisotopic (exact) mass is 321 g/mol. The Morgan fingerprint density at radius 3 is 3.04 bits per heavy atom. The van der Waals surface area contributed by atoms with Crippen molar-refractivity contribution in [3.8, 4) is 5.69 Å². The summed E-state index contributed by atoms with van der Waals surface area (Å²) in [4.78, 5) is 33.0. The molecule has 2 aromatic heterocycles. The first-order chi connectivity index (χ1) is 11.7. The quantitative estimate of drug-likeness (QED) is 0.693. The number of Topliss-reactive ketones (excluding diaryl/α,β-unsaturated/α-hetero) is 1. The van der Waals surface area contributed by atoms with E-state index in [2.05, 4.69) is 9.97 Å². The van der Waals surface area contributed by atoms with Crippen molar-refractivity contribution in [1.82, 2.24) is 14.5 Å². The van der Waals surface area contributed by atoms with Gasteiger partial charge in [0.2, 0.25) is 0 Å². The number of rotatable bonds is 3. The lowest BCUT2D eigenvalue weighted by Gasteiger charge is -2.10. The SMILES string of the molecule is CCOC(=O)[C@@H]1CC(=O)c2cc(-n3cnc4cccnc43)ccc21. The van der Waals surface area contributed by atoms with E-state index < -0.39 is 5.92 Å². The zero-order valence-electron chi connectivity index (χ0n) is 13.1. The minimum atomic E-state index is -0.501. The number of nitrogens with zero attached hydrogens (tertiary/aromatic N) is 3. The van der Waals surface area contributed by atoms with E-state index in [-0.39, 0.29) is 18.2 Å². The number of imidazole rings is 1. The second-order valence-corrected chi connectivity index (χ2v) is 5.66. The lowest BCUT2D eigenvalue weighted by Crippen LogP contribution is -2.13. The van der Waals surface area contributed by atoms with E-state index in [1.165, 1.54) is 0 Å². The fourth-order valence-corrected chi connectivity index (χ4v) is 3.14. The van der Waals surface area contributed by atoms with Gasteiger partial charge < -0.3 is 4.74 Å². The van der Waals surface area contributed by atoms with E-state index in [4.69, 9.17) is 4.74 Å². The Hall–Kier alpha value is -3.02. The molecule has 3 aromatic rings. The summed E-state index contributed by atoms with van der Waals surface area (Å²) in [5, 5.41) is 0. The minimum Gasteiger partial charge on any atom is -0.466 e. The van der Waals surface area contributed by atoms with Gasteiger partial charge in [0.1, 0.15) is 11.8 Å². The summed E-state index contributed by atoms with van der Waals surface area (Å²) in [6.45, 7) is 2.07. The van der Waals surface area contributed by atoms with Crippen molar-refractivity contribution in [1.29, 1.82) is 0 Å². The van der Waals surface area contributed by atoms with Crippen LogP contribution in [0.3, 0.4) is 0 Å². The number of ketones is 1. The van der Waals surface area contributed by atoms with Gasteiger partial charge in [-0.15, -0.1) is 0 Å². The van der Waals surface area contributed by atoms with Crippen LogP contribution in [0.25, 0.3) is 16.9 Å². The van der Waals surface area contributed by atoms with Crippen LogP contribution < -0.4 is 0 Å². The second-order valence-electron chi connectivity index (χ2n) is 5.66. The fraction of sp³-hybridized carbons (Fsp3) is 0.222. The van der Waals surface area contributed by atoms with Crippen molar-refractivity contribution in [3.63, 3.8) is 0 Å². The molecule has 0 saturated heterocycles. The first-order valence-corrected chi connectivity index (χ1v) is 7.81. The molecule has 0 radical (unpaired) electrons. The lowest BCUT2D eigenvalue weighted by atomic mass is 10.0. The number of esters is 1. The molecule has 0 N–H and O–H groups in total. The zero-order chi connectivity index (χ0) is 16.7. The average Bonchev–Trinajstić information content (AvgIpc) is 3.16. The number of carbonyl (C=O) groups is 2. The summed E-state index contributed by atoms with van der Waals surface area (Å²) in [6, 6.07) is 9.21. The van der Waals surface area contributed by atoms with Gasteiger partial charge in [-0.05, 0) is 36.8 Å². The van der Waals surface area contributed by atoms with Gasteiger partial charge in [-0.25, -0.2) is 9.97 Å². The molecular formula is C18H15N3O3. The maximum absolute atomic E-state index is 12.3. The molecule has 120 valence electrons. The predicted octanol–water partition coefficient (Wildman–Crippen LogP) is 2.65. The van der Waals surface area contributed by atoms with Gasteiger partial charge in [0.05, 0.1) is 12.5 Å². The summed E-state index contributed by atoms with van der Waals surface area (Å²) in [6.07, 6.45) is 3.55. The highest BCUT2D eigenvalue weighted by Crippen LogP contribution is 2.35. The second kappa shape index (κ2) is 5.56. The van der Waals surface area contributed by atoms with Gasteiger partial charge in [0.25, 0.3) is 0 Å². The Kier molecular flexibility index (Phi) is 3.37. The van der Waals surface area contributed by atoms with Crippen LogP contribution in [-0.2, 0) is 9.53 Å². The molecule has 0 unspecified atom stereocenters. The normalized spacial score (nSPS) is 16.4. The lowest BCUT2D eigenvalue weighted by molar-refractivity contribution is -0.144. The highest BCUT2D eigenvalue weighted by Gasteiger charge is 2.35. The molecule has 0 fully saturated rings. The van der Waals surface area contributed by atoms with Crippen molar-refractivity contribution in [2.75, 3.05) is 6.61 Å². The number of hydrogen-bond acceptors (Lipinski definition) is 5. The molecule has 0 aliphatic heterocycles. The van der Waals surface area contributed by atoms with Gasteiger partial charge in [-0.3, -0.25) is 14.2 Å². The number of fused-ring (bicyclic) bond motifs is 2. The highest BCUT2D eigenvalue weighted by atomic mass is 16.5. The van der Waals surface area contributed by atoms with E-state index >= 15 is 0 Å². The average molecular weight is 321 g/mol. The molecule has 0 bridgehead atoms. The topological polar surface area (TPSA) is 74.1 Å². The molecule has 0 saturated carbocycles. The van der Waals surface area contributed by atoms with Gasteiger partial charge in [-0.2, -0.15) is 0 Å². The zero-order valence-corrected chi connectivity index (χ0v) is 13.1. The van der Waals surface area contributed by atoms with Gasteiger partial charge in [0.15, 0.2) is 11.4 Å². The van der Waals surface area contributed by atoms with Crippen molar-refractivity contribution in [2.45, 2.75) is 19.3 Å². The van der Waals surface area contributed by atoms with Crippen LogP contribution in [0.15, 0.2) is 42.9 Å². The van der Waals surface area contributed by atoms with Crippen molar-refractivity contribution >= 4 is 22.9 Å². The van der Waals surface area contributed by atoms with Crippen LogP contribution in [-0.4, -0.2) is 32.9 Å². The summed E-state index contributed by atoms with van der Waals surface area (Å²) >= 11 is 0. The molecule has 2 heterocycles. The summed E-state index contributed by atoms with van der Waals surface area (Å²) in [7, 11) is 0. The number of carbonyl (C=O) groups excluding carboxylic acids is 2. The summed E-state index contributed by atoms with van der Waals surface area (Å²) < 4.78 is 6.91. The van der Waals surface area contributed by atoms with E-state index in [0.717, 1.165) is 22.4 Å². The van der Waals surface area contributed by atoms with Crippen molar-refractivity contribution in [2.24, 2.45) is 0 Å². The molecule has 6 heteroatoms. The third kappa shape index (κ3) is 2.19. The molecule has 0 spiro atoms. The Bertz CT molecular complexity index is 961. The Balaban J connectivity index is 1.78. The van der Waals surface area contributed by atoms with Crippen LogP contribution >= 0.6 is 0 Å². The van der Waals surface area contributed by atoms with E-state index in [1.807, 2.05) is 28.8 Å². The van der Waals surface area contributed by atoms with E-state index in [1.54, 1.807) is 25.5 Å². The number of ether oxygens (including phenoxy) is 1. The first-order valence-electron chi connectivity index (χ1n) is 7.81. The van der Waals surface area contributed by atoms with Crippen LogP contribution in [0.1, 0.15) is 35.2 Å². The van der Waals surface area contributed by atoms with Gasteiger partial charge in [0, 0.05) is 23.9 Å². The molecule has 0 amide bonds. The molecule has 4 rings (SSSR count). The van der Waals surface area contributed by atoms with Crippen LogP contribution in [0.5, 0.6) is 0 Å². The number of benzene rings is 1. The maximum Gasteiger partial charge on any atom is 0.313 e. The molecule has 1 aromatic carbocycles. The molecular weight excluding hydrogens is 306 g/mol. The van der Waals surface area contributed by atoms with Crippen molar-refractivity contribution in [3.05, 3.63) is 54.0 Å². The summed E-state index contributed by atoms with van der Waals surface area (Å²) in [5.74, 6) is -0.881. The standard InChI is InChI=1S/C18H15N3O3/c1-2-24-18(23)14-9-16(22)13-8-11(5-6-12(13)14)21-10-20-15-4-3-7-19-17(15)21/h3-8,10,14H,2,9H2,1H3/t14-/m1/s1.